The number of thiazole rings is 1. The summed E-state index contributed by atoms with van der Waals surface area (Å²) in [6.45, 7) is 1.75. The van der Waals surface area contributed by atoms with Crippen LogP contribution in [-0.2, 0) is 14.8 Å². The summed E-state index contributed by atoms with van der Waals surface area (Å²) >= 11 is 6.89. The second-order valence-electron chi connectivity index (χ2n) is 8.49. The smallest absolute Gasteiger partial charge is 0.263 e. The first-order valence-electron chi connectivity index (χ1n) is 11.8. The first-order valence-corrected chi connectivity index (χ1v) is 14.6. The number of nitrogens with one attached hydrogen (secondary N) is 1. The molecular weight excluding hydrogens is 543 g/mol. The summed E-state index contributed by atoms with van der Waals surface area (Å²) in [6.07, 6.45) is 7.43. The Balaban J connectivity index is 1.48. The Labute approximate surface area is 228 Å². The minimum Gasteiger partial charge on any atom is -0.377 e. The number of allylic oxidation sites excluding steroid dienone is 1. The standard InChI is InChI=1S/C25H23N7O3S3/c33-17-18(16-31-13-4-1-5-14-31)23-24(36)32(22-7-3-2-6-21(22)27-23)30-28-19-8-10-20(11-9-19)38(34,35)29-25-26-12-15-37-25/h2-3,6-12,15-17H,1,4-5,13-14H2,(H,26,29)/b18-16-,30-28?. The molecule has 0 amide bonds. The maximum Gasteiger partial charge on any atom is 0.263 e. The molecule has 194 valence electrons. The zero-order valence-corrected chi connectivity index (χ0v) is 22.5. The van der Waals surface area contributed by atoms with Gasteiger partial charge in [0.05, 0.1) is 27.2 Å². The number of likely N-dealkylation sites (tertiary alicyclic amines) is 1. The van der Waals surface area contributed by atoms with Gasteiger partial charge in [0.25, 0.3) is 10.0 Å². The molecule has 5 rings (SSSR count). The fourth-order valence-corrected chi connectivity index (χ4v) is 6.11. The van der Waals surface area contributed by atoms with Crippen LogP contribution in [0.3, 0.4) is 0 Å². The number of sulfonamides is 1. The quantitative estimate of drug-likeness (QED) is 0.128. The van der Waals surface area contributed by atoms with Crippen molar-refractivity contribution in [3.05, 3.63) is 76.6 Å². The molecule has 0 atom stereocenters. The number of benzene rings is 2. The molecule has 1 N–H and O–H groups in total. The summed E-state index contributed by atoms with van der Waals surface area (Å²) in [5.41, 5.74) is 2.39. The predicted octanol–water partition coefficient (Wildman–Crippen LogP) is 5.60. The van der Waals surface area contributed by atoms with Crippen molar-refractivity contribution < 1.29 is 13.2 Å². The SMILES string of the molecule is O=C/C(=C/N1CCCCC1)c1nc2ccccc2n(N=Nc2ccc(S(=O)(=O)Nc3nccs3)cc2)c1=S. The van der Waals surface area contributed by atoms with E-state index < -0.39 is 10.0 Å². The lowest BCUT2D eigenvalue weighted by atomic mass is 10.1. The summed E-state index contributed by atoms with van der Waals surface area (Å²) < 4.78 is 29.3. The van der Waals surface area contributed by atoms with Crippen molar-refractivity contribution in [1.29, 1.82) is 0 Å². The van der Waals surface area contributed by atoms with Crippen molar-refractivity contribution in [1.82, 2.24) is 19.5 Å². The molecule has 4 aromatic rings. The number of nitrogens with zero attached hydrogens (tertiary/aromatic N) is 6. The average Bonchev–Trinajstić information content (AvgIpc) is 3.44. The third kappa shape index (κ3) is 5.69. The molecule has 2 aromatic heterocycles. The Hall–Kier alpha value is -3.81. The maximum absolute atomic E-state index is 12.6. The molecule has 0 aliphatic carbocycles. The molecule has 0 radical (unpaired) electrons. The van der Waals surface area contributed by atoms with Gasteiger partial charge in [0.2, 0.25) is 0 Å². The van der Waals surface area contributed by atoms with Crippen LogP contribution < -0.4 is 4.72 Å². The molecule has 2 aromatic carbocycles. The highest BCUT2D eigenvalue weighted by Crippen LogP contribution is 2.24. The monoisotopic (exact) mass is 565 g/mol. The van der Waals surface area contributed by atoms with E-state index >= 15 is 0 Å². The predicted molar refractivity (Wildman–Crippen MR) is 149 cm³/mol. The fraction of sp³-hybridized carbons (Fsp3) is 0.200. The molecule has 3 heterocycles. The van der Waals surface area contributed by atoms with Crippen LogP contribution in [-0.4, -0.2) is 47.3 Å². The summed E-state index contributed by atoms with van der Waals surface area (Å²) in [4.78, 5) is 22.9. The van der Waals surface area contributed by atoms with E-state index in [0.29, 0.717) is 28.0 Å². The average molecular weight is 566 g/mol. The van der Waals surface area contributed by atoms with Gasteiger partial charge in [-0.25, -0.2) is 18.4 Å². The Kier molecular flexibility index (Phi) is 7.67. The Morgan fingerprint density at radius 2 is 1.84 bits per heavy atom. The number of aldehydes is 1. The lowest BCUT2D eigenvalue weighted by molar-refractivity contribution is -0.103. The van der Waals surface area contributed by atoms with Crippen LogP contribution in [0.1, 0.15) is 25.0 Å². The van der Waals surface area contributed by atoms with E-state index in [9.17, 15) is 13.2 Å². The Morgan fingerprint density at radius 1 is 1.08 bits per heavy atom. The number of anilines is 1. The van der Waals surface area contributed by atoms with E-state index in [1.807, 2.05) is 30.5 Å². The number of hydrogen-bond donors (Lipinski definition) is 1. The van der Waals surface area contributed by atoms with Gasteiger partial charge in [-0.2, -0.15) is 4.68 Å². The largest absolute Gasteiger partial charge is 0.377 e. The summed E-state index contributed by atoms with van der Waals surface area (Å²) in [6, 6.07) is 13.3. The van der Waals surface area contributed by atoms with Gasteiger partial charge >= 0.3 is 0 Å². The minimum absolute atomic E-state index is 0.0679. The van der Waals surface area contributed by atoms with Crippen LogP contribution in [0.15, 0.2) is 81.5 Å². The number of rotatable bonds is 8. The van der Waals surface area contributed by atoms with Gasteiger partial charge < -0.3 is 4.90 Å². The van der Waals surface area contributed by atoms with Crippen LogP contribution in [0.2, 0.25) is 0 Å². The van der Waals surface area contributed by atoms with Crippen molar-refractivity contribution in [2.45, 2.75) is 24.2 Å². The van der Waals surface area contributed by atoms with Crippen molar-refractivity contribution in [2.24, 2.45) is 10.3 Å². The number of piperidine rings is 1. The normalized spacial score (nSPS) is 14.7. The molecule has 1 saturated heterocycles. The van der Waals surface area contributed by atoms with Gasteiger partial charge in [0.15, 0.2) is 16.1 Å². The number of carbonyl (C=O) groups is 1. The minimum atomic E-state index is -3.78. The third-order valence-electron chi connectivity index (χ3n) is 5.90. The van der Waals surface area contributed by atoms with E-state index in [0.717, 1.165) is 32.2 Å². The van der Waals surface area contributed by atoms with E-state index in [1.165, 1.54) is 40.8 Å². The molecule has 0 saturated carbocycles. The third-order valence-corrected chi connectivity index (χ3v) is 8.44. The molecule has 10 nitrogen and oxygen atoms in total. The Morgan fingerprint density at radius 3 is 2.55 bits per heavy atom. The Bertz CT molecular complexity index is 1670. The number of fused-ring (bicyclic) bond motifs is 1. The van der Waals surface area contributed by atoms with Crippen LogP contribution >= 0.6 is 23.6 Å². The van der Waals surface area contributed by atoms with Gasteiger partial charge in [-0.05, 0) is 55.7 Å². The topological polar surface area (TPSA) is 122 Å². The van der Waals surface area contributed by atoms with Gasteiger partial charge in [0.1, 0.15) is 5.69 Å². The fourth-order valence-electron chi connectivity index (χ4n) is 4.02. The van der Waals surface area contributed by atoms with Crippen LogP contribution in [0.4, 0.5) is 10.8 Å². The molecule has 0 bridgehead atoms. The molecule has 0 spiro atoms. The van der Waals surface area contributed by atoms with Crippen LogP contribution in [0.25, 0.3) is 16.6 Å². The molecular formula is C25H23N7O3S3. The van der Waals surface area contributed by atoms with Crippen LogP contribution in [0.5, 0.6) is 0 Å². The zero-order valence-electron chi connectivity index (χ0n) is 20.1. The number of para-hydroxylation sites is 2. The first-order chi connectivity index (χ1) is 18.4. The van der Waals surface area contributed by atoms with E-state index in [1.54, 1.807) is 17.5 Å². The molecule has 1 aliphatic heterocycles. The molecule has 13 heteroatoms. The van der Waals surface area contributed by atoms with Gasteiger partial charge in [-0.3, -0.25) is 9.52 Å². The summed E-state index contributed by atoms with van der Waals surface area (Å²) in [7, 11) is -3.78. The highest BCUT2D eigenvalue weighted by molar-refractivity contribution is 7.93. The van der Waals surface area contributed by atoms with Gasteiger partial charge in [-0.1, -0.05) is 29.6 Å². The zero-order chi connectivity index (χ0) is 26.5. The molecule has 38 heavy (non-hydrogen) atoms. The highest BCUT2D eigenvalue weighted by atomic mass is 32.2. The van der Waals surface area contributed by atoms with E-state index in [2.05, 4.69) is 29.9 Å². The first kappa shape index (κ1) is 25.8. The number of aromatic nitrogens is 3. The van der Waals surface area contributed by atoms with Crippen molar-refractivity contribution in [2.75, 3.05) is 17.8 Å². The molecule has 1 fully saturated rings. The van der Waals surface area contributed by atoms with Crippen molar-refractivity contribution in [3.63, 3.8) is 0 Å². The van der Waals surface area contributed by atoms with E-state index in [-0.39, 0.29) is 14.7 Å². The highest BCUT2D eigenvalue weighted by Gasteiger charge is 2.16. The maximum atomic E-state index is 12.6. The summed E-state index contributed by atoms with van der Waals surface area (Å²) in [5, 5.41) is 10.6. The lowest BCUT2D eigenvalue weighted by Crippen LogP contribution is -2.25. The second-order valence-corrected chi connectivity index (χ2v) is 11.5. The van der Waals surface area contributed by atoms with E-state index in [4.69, 9.17) is 12.2 Å². The second kappa shape index (κ2) is 11.3. The van der Waals surface area contributed by atoms with Crippen LogP contribution in [0, 0.1) is 4.64 Å². The molecule has 0 unspecified atom stereocenters. The van der Waals surface area contributed by atoms with Gasteiger partial charge in [-0.15, -0.1) is 16.5 Å². The summed E-state index contributed by atoms with van der Waals surface area (Å²) in [5.74, 6) is 0. The van der Waals surface area contributed by atoms with Crippen molar-refractivity contribution in [3.8, 4) is 0 Å². The number of hydrogen-bond acceptors (Lipinski definition) is 10. The van der Waals surface area contributed by atoms with Crippen molar-refractivity contribution >= 4 is 67.3 Å². The number of carbonyl (C=O) groups excluding carboxylic acids is 1. The lowest BCUT2D eigenvalue weighted by Gasteiger charge is -2.25. The molecule has 1 aliphatic rings. The van der Waals surface area contributed by atoms with Gasteiger partial charge in [0, 0.05) is 30.9 Å².